The molecule has 0 unspecified atom stereocenters. The summed E-state index contributed by atoms with van der Waals surface area (Å²) in [5.41, 5.74) is 0.975. The first-order valence-electron chi connectivity index (χ1n) is 6.22. The Morgan fingerprint density at radius 3 is 3.10 bits per heavy atom. The van der Waals surface area contributed by atoms with Gasteiger partial charge in [-0.2, -0.15) is 5.10 Å². The van der Waals surface area contributed by atoms with Gasteiger partial charge in [-0.05, 0) is 25.1 Å². The fourth-order valence-corrected chi connectivity index (χ4v) is 2.02. The SMILES string of the molecule is CCOC(=O)Cc1n[nH]c(CNc2cccc(Br)c2)n1. The maximum Gasteiger partial charge on any atom is 0.313 e. The summed E-state index contributed by atoms with van der Waals surface area (Å²) in [6.07, 6.45) is 0.0845. The summed E-state index contributed by atoms with van der Waals surface area (Å²) in [7, 11) is 0. The molecule has 0 spiro atoms. The van der Waals surface area contributed by atoms with Gasteiger partial charge >= 0.3 is 5.97 Å². The van der Waals surface area contributed by atoms with Gasteiger partial charge < -0.3 is 10.1 Å². The molecule has 7 heteroatoms. The number of benzene rings is 1. The van der Waals surface area contributed by atoms with Gasteiger partial charge in [0.15, 0.2) is 5.82 Å². The molecule has 0 saturated heterocycles. The maximum atomic E-state index is 11.3. The van der Waals surface area contributed by atoms with Crippen LogP contribution in [0.2, 0.25) is 0 Å². The molecule has 1 aromatic heterocycles. The van der Waals surface area contributed by atoms with Crippen LogP contribution in [0, 0.1) is 0 Å². The Hall–Kier alpha value is -1.89. The summed E-state index contributed by atoms with van der Waals surface area (Å²) in [6.45, 7) is 2.63. The van der Waals surface area contributed by atoms with Crippen molar-refractivity contribution in [2.75, 3.05) is 11.9 Å². The average Bonchev–Trinajstić information content (AvgIpc) is 2.84. The van der Waals surface area contributed by atoms with Crippen molar-refractivity contribution in [2.24, 2.45) is 0 Å². The first kappa shape index (κ1) is 14.5. The highest BCUT2D eigenvalue weighted by Crippen LogP contribution is 2.15. The van der Waals surface area contributed by atoms with E-state index in [4.69, 9.17) is 4.74 Å². The van der Waals surface area contributed by atoms with Crippen molar-refractivity contribution in [3.63, 3.8) is 0 Å². The fraction of sp³-hybridized carbons (Fsp3) is 0.308. The van der Waals surface area contributed by atoms with Crippen LogP contribution in [0.4, 0.5) is 5.69 Å². The molecular weight excluding hydrogens is 324 g/mol. The Kier molecular flexibility index (Phi) is 5.11. The number of hydrogen-bond donors (Lipinski definition) is 2. The first-order chi connectivity index (χ1) is 9.67. The summed E-state index contributed by atoms with van der Waals surface area (Å²) >= 11 is 3.41. The second-order valence-corrected chi connectivity index (χ2v) is 4.96. The van der Waals surface area contributed by atoms with Gasteiger partial charge in [0.05, 0.1) is 13.2 Å². The van der Waals surface area contributed by atoms with Gasteiger partial charge in [-0.25, -0.2) is 4.98 Å². The summed E-state index contributed by atoms with van der Waals surface area (Å²) < 4.78 is 5.85. The van der Waals surface area contributed by atoms with Gasteiger partial charge in [-0.3, -0.25) is 9.89 Å². The lowest BCUT2D eigenvalue weighted by Gasteiger charge is -2.03. The molecule has 0 bridgehead atoms. The molecule has 0 aliphatic rings. The number of carbonyl (C=O) groups is 1. The van der Waals surface area contributed by atoms with Gasteiger partial charge in [-0.1, -0.05) is 22.0 Å². The zero-order chi connectivity index (χ0) is 14.4. The normalized spacial score (nSPS) is 10.3. The van der Waals surface area contributed by atoms with Crippen LogP contribution in [0.15, 0.2) is 28.7 Å². The van der Waals surface area contributed by atoms with Gasteiger partial charge in [0.2, 0.25) is 0 Å². The summed E-state index contributed by atoms with van der Waals surface area (Å²) in [5.74, 6) is 0.789. The molecule has 2 aromatic rings. The van der Waals surface area contributed by atoms with Crippen LogP contribution in [0.25, 0.3) is 0 Å². The maximum absolute atomic E-state index is 11.3. The number of nitrogens with zero attached hydrogens (tertiary/aromatic N) is 2. The van der Waals surface area contributed by atoms with Crippen LogP contribution in [0.5, 0.6) is 0 Å². The van der Waals surface area contributed by atoms with Crippen LogP contribution < -0.4 is 5.32 Å². The zero-order valence-corrected chi connectivity index (χ0v) is 12.6. The lowest BCUT2D eigenvalue weighted by atomic mass is 10.3. The van der Waals surface area contributed by atoms with Crippen molar-refractivity contribution in [2.45, 2.75) is 19.9 Å². The molecule has 20 heavy (non-hydrogen) atoms. The number of aromatic amines is 1. The molecule has 2 rings (SSSR count). The van der Waals surface area contributed by atoms with Gasteiger partial charge in [0.1, 0.15) is 12.2 Å². The quantitative estimate of drug-likeness (QED) is 0.790. The second kappa shape index (κ2) is 7.04. The highest BCUT2D eigenvalue weighted by atomic mass is 79.9. The van der Waals surface area contributed by atoms with Crippen molar-refractivity contribution < 1.29 is 9.53 Å². The van der Waals surface area contributed by atoms with E-state index in [1.807, 2.05) is 24.3 Å². The monoisotopic (exact) mass is 338 g/mol. The molecule has 0 radical (unpaired) electrons. The van der Waals surface area contributed by atoms with Gasteiger partial charge in [0, 0.05) is 10.2 Å². The molecule has 1 heterocycles. The van der Waals surface area contributed by atoms with Crippen molar-refractivity contribution in [1.29, 1.82) is 0 Å². The van der Waals surface area contributed by atoms with E-state index in [1.165, 1.54) is 0 Å². The number of hydrogen-bond acceptors (Lipinski definition) is 5. The number of aromatic nitrogens is 3. The molecule has 106 valence electrons. The van der Waals surface area contributed by atoms with Crippen molar-refractivity contribution in [1.82, 2.24) is 15.2 Å². The topological polar surface area (TPSA) is 79.9 Å². The highest BCUT2D eigenvalue weighted by Gasteiger charge is 2.09. The summed E-state index contributed by atoms with van der Waals surface area (Å²) in [5, 5.41) is 9.99. The zero-order valence-electron chi connectivity index (χ0n) is 11.0. The largest absolute Gasteiger partial charge is 0.466 e. The lowest BCUT2D eigenvalue weighted by Crippen LogP contribution is -2.08. The second-order valence-electron chi connectivity index (χ2n) is 4.04. The molecular formula is C13H15BrN4O2. The van der Waals surface area contributed by atoms with Crippen LogP contribution in [0.1, 0.15) is 18.6 Å². The minimum Gasteiger partial charge on any atom is -0.466 e. The third-order valence-corrected chi connectivity index (χ3v) is 2.96. The highest BCUT2D eigenvalue weighted by molar-refractivity contribution is 9.10. The van der Waals surface area contributed by atoms with Crippen LogP contribution in [-0.2, 0) is 22.5 Å². The predicted molar refractivity (Wildman–Crippen MR) is 78.2 cm³/mol. The predicted octanol–water partition coefficient (Wildman–Crippen LogP) is 2.28. The number of halogens is 1. The number of esters is 1. The molecule has 0 aliphatic heterocycles. The minimum absolute atomic E-state index is 0.0845. The lowest BCUT2D eigenvalue weighted by molar-refractivity contribution is -0.142. The summed E-state index contributed by atoms with van der Waals surface area (Å²) in [4.78, 5) is 15.5. The molecule has 1 aromatic carbocycles. The minimum atomic E-state index is -0.321. The number of nitrogens with one attached hydrogen (secondary N) is 2. The number of rotatable bonds is 6. The van der Waals surface area contributed by atoms with Gasteiger partial charge in [-0.15, -0.1) is 0 Å². The van der Waals surface area contributed by atoms with E-state index in [0.717, 1.165) is 10.2 Å². The Morgan fingerprint density at radius 2 is 2.35 bits per heavy atom. The number of anilines is 1. The van der Waals surface area contributed by atoms with E-state index in [1.54, 1.807) is 6.92 Å². The third kappa shape index (κ3) is 4.34. The Bertz CT molecular complexity index is 585. The van der Waals surface area contributed by atoms with E-state index >= 15 is 0 Å². The number of ether oxygens (including phenoxy) is 1. The van der Waals surface area contributed by atoms with E-state index in [9.17, 15) is 4.79 Å². The fourth-order valence-electron chi connectivity index (χ4n) is 1.62. The smallest absolute Gasteiger partial charge is 0.313 e. The molecule has 0 saturated carbocycles. The van der Waals surface area contributed by atoms with Crippen molar-refractivity contribution in [3.05, 3.63) is 40.4 Å². The van der Waals surface area contributed by atoms with Crippen molar-refractivity contribution >= 4 is 27.6 Å². The molecule has 6 nitrogen and oxygen atoms in total. The molecule has 2 N–H and O–H groups in total. The van der Waals surface area contributed by atoms with E-state index in [-0.39, 0.29) is 12.4 Å². The first-order valence-corrected chi connectivity index (χ1v) is 7.02. The molecule has 0 aliphatic carbocycles. The van der Waals surface area contributed by atoms with Crippen LogP contribution in [-0.4, -0.2) is 27.8 Å². The van der Waals surface area contributed by atoms with E-state index in [2.05, 4.69) is 36.4 Å². The standard InChI is InChI=1S/C13H15BrN4O2/c1-2-20-13(19)7-11-16-12(18-17-11)8-15-10-5-3-4-9(14)6-10/h3-6,15H,2,7-8H2,1H3,(H,16,17,18). The Balaban J connectivity index is 1.88. The van der Waals surface area contributed by atoms with Crippen LogP contribution in [0.3, 0.4) is 0 Å². The summed E-state index contributed by atoms with van der Waals surface area (Å²) in [6, 6.07) is 7.83. The number of H-pyrrole nitrogens is 1. The van der Waals surface area contributed by atoms with Crippen molar-refractivity contribution in [3.8, 4) is 0 Å². The molecule has 0 atom stereocenters. The van der Waals surface area contributed by atoms with Gasteiger partial charge in [0.25, 0.3) is 0 Å². The number of carbonyl (C=O) groups excluding carboxylic acids is 1. The Labute approximate surface area is 125 Å². The third-order valence-electron chi connectivity index (χ3n) is 2.47. The van der Waals surface area contributed by atoms with E-state index in [0.29, 0.717) is 24.8 Å². The average molecular weight is 339 g/mol. The van der Waals surface area contributed by atoms with E-state index < -0.39 is 0 Å². The molecule has 0 amide bonds. The Morgan fingerprint density at radius 1 is 1.50 bits per heavy atom. The van der Waals surface area contributed by atoms with Crippen LogP contribution >= 0.6 is 15.9 Å². The molecule has 0 fully saturated rings.